The molecule has 0 bridgehead atoms. The molecular formula is C13H25NO2. The third kappa shape index (κ3) is 4.52. The van der Waals surface area contributed by atoms with Crippen LogP contribution in [0.25, 0.3) is 0 Å². The molecule has 1 aliphatic carbocycles. The fraction of sp³-hybridized carbons (Fsp3) is 0.923. The molecule has 0 spiro atoms. The van der Waals surface area contributed by atoms with Crippen molar-refractivity contribution in [3.63, 3.8) is 0 Å². The number of amides is 1. The maximum absolute atomic E-state index is 11.8. The highest BCUT2D eigenvalue weighted by Gasteiger charge is 2.26. The number of rotatable bonds is 3. The topological polar surface area (TPSA) is 49.3 Å². The van der Waals surface area contributed by atoms with Gasteiger partial charge in [0.1, 0.15) is 0 Å². The molecule has 0 radical (unpaired) electrons. The largest absolute Gasteiger partial charge is 0.396 e. The van der Waals surface area contributed by atoms with E-state index < -0.39 is 0 Å². The van der Waals surface area contributed by atoms with Gasteiger partial charge in [-0.1, -0.05) is 33.6 Å². The van der Waals surface area contributed by atoms with Gasteiger partial charge in [0.05, 0.1) is 0 Å². The zero-order chi connectivity index (χ0) is 12.2. The molecule has 2 atom stereocenters. The van der Waals surface area contributed by atoms with Gasteiger partial charge in [-0.25, -0.2) is 0 Å². The zero-order valence-electron chi connectivity index (χ0n) is 10.8. The van der Waals surface area contributed by atoms with Crippen molar-refractivity contribution >= 4 is 5.91 Å². The molecule has 0 saturated heterocycles. The Balaban J connectivity index is 2.42. The van der Waals surface area contributed by atoms with Crippen LogP contribution in [-0.4, -0.2) is 23.7 Å². The lowest BCUT2D eigenvalue weighted by Crippen LogP contribution is -2.44. The van der Waals surface area contributed by atoms with Crippen LogP contribution in [0.2, 0.25) is 0 Å². The second-order valence-electron chi connectivity index (χ2n) is 6.14. The van der Waals surface area contributed by atoms with Crippen molar-refractivity contribution < 1.29 is 9.90 Å². The third-order valence-corrected chi connectivity index (χ3v) is 3.18. The number of hydrogen-bond donors (Lipinski definition) is 2. The van der Waals surface area contributed by atoms with Crippen molar-refractivity contribution in [1.29, 1.82) is 0 Å². The lowest BCUT2D eigenvalue weighted by Gasteiger charge is -2.31. The van der Waals surface area contributed by atoms with Gasteiger partial charge in [0, 0.05) is 25.0 Å². The fourth-order valence-corrected chi connectivity index (χ4v) is 2.36. The highest BCUT2D eigenvalue weighted by atomic mass is 16.3. The maximum Gasteiger partial charge on any atom is 0.220 e. The average molecular weight is 227 g/mol. The number of nitrogens with one attached hydrogen (secondary N) is 1. The Morgan fingerprint density at radius 3 is 2.50 bits per heavy atom. The van der Waals surface area contributed by atoms with Gasteiger partial charge >= 0.3 is 0 Å². The van der Waals surface area contributed by atoms with E-state index in [1.165, 1.54) is 6.42 Å². The van der Waals surface area contributed by atoms with Crippen molar-refractivity contribution in [3.05, 3.63) is 0 Å². The van der Waals surface area contributed by atoms with Crippen molar-refractivity contribution in [2.24, 2.45) is 11.3 Å². The molecule has 2 N–H and O–H groups in total. The number of carbonyl (C=O) groups excluding carboxylic acids is 1. The highest BCUT2D eigenvalue weighted by Crippen LogP contribution is 2.25. The summed E-state index contributed by atoms with van der Waals surface area (Å²) in [6.07, 6.45) is 4.95. The summed E-state index contributed by atoms with van der Waals surface area (Å²) in [5, 5.41) is 12.3. The lowest BCUT2D eigenvalue weighted by atomic mass is 9.84. The minimum atomic E-state index is 0.0352. The summed E-state index contributed by atoms with van der Waals surface area (Å²) in [6.45, 7) is 6.39. The van der Waals surface area contributed by atoms with E-state index in [-0.39, 0.29) is 29.9 Å². The van der Waals surface area contributed by atoms with Gasteiger partial charge < -0.3 is 10.4 Å². The molecule has 0 aliphatic heterocycles. The van der Waals surface area contributed by atoms with Crippen LogP contribution in [0.1, 0.15) is 52.9 Å². The molecule has 1 aliphatic rings. The van der Waals surface area contributed by atoms with Crippen LogP contribution in [0.4, 0.5) is 0 Å². The van der Waals surface area contributed by atoms with Crippen molar-refractivity contribution in [2.75, 3.05) is 6.61 Å². The Labute approximate surface area is 98.6 Å². The summed E-state index contributed by atoms with van der Waals surface area (Å²) in [6, 6.07) is 0.189. The number of carbonyl (C=O) groups is 1. The van der Waals surface area contributed by atoms with Gasteiger partial charge in [0.25, 0.3) is 0 Å². The smallest absolute Gasteiger partial charge is 0.220 e. The summed E-state index contributed by atoms with van der Waals surface area (Å²) in [7, 11) is 0. The molecule has 0 aromatic heterocycles. The summed E-state index contributed by atoms with van der Waals surface area (Å²) in [5.74, 6) is 0.385. The normalized spacial score (nSPS) is 26.5. The average Bonchev–Trinajstić information content (AvgIpc) is 2.15. The minimum Gasteiger partial charge on any atom is -0.396 e. The first kappa shape index (κ1) is 13.5. The molecule has 94 valence electrons. The van der Waals surface area contributed by atoms with Crippen molar-refractivity contribution in [3.8, 4) is 0 Å². The lowest BCUT2D eigenvalue weighted by molar-refractivity contribution is -0.124. The van der Waals surface area contributed by atoms with E-state index in [0.29, 0.717) is 6.42 Å². The molecule has 2 unspecified atom stereocenters. The van der Waals surface area contributed by atoms with E-state index in [9.17, 15) is 9.90 Å². The van der Waals surface area contributed by atoms with Crippen molar-refractivity contribution in [1.82, 2.24) is 5.32 Å². The molecule has 3 heteroatoms. The second-order valence-corrected chi connectivity index (χ2v) is 6.14. The van der Waals surface area contributed by atoms with Crippen LogP contribution < -0.4 is 5.32 Å². The summed E-state index contributed by atoms with van der Waals surface area (Å²) in [4.78, 5) is 11.8. The van der Waals surface area contributed by atoms with Gasteiger partial charge in [0.2, 0.25) is 5.91 Å². The highest BCUT2D eigenvalue weighted by molar-refractivity contribution is 5.76. The van der Waals surface area contributed by atoms with Gasteiger partial charge in [0.15, 0.2) is 0 Å². The summed E-state index contributed by atoms with van der Waals surface area (Å²) in [5.41, 5.74) is 0.0352. The Bertz CT molecular complexity index is 233. The summed E-state index contributed by atoms with van der Waals surface area (Å²) < 4.78 is 0. The molecule has 3 nitrogen and oxygen atoms in total. The minimum absolute atomic E-state index is 0.0352. The fourth-order valence-electron chi connectivity index (χ4n) is 2.36. The Morgan fingerprint density at radius 1 is 1.31 bits per heavy atom. The first-order valence-corrected chi connectivity index (χ1v) is 6.32. The first-order chi connectivity index (χ1) is 7.42. The molecule has 1 rings (SSSR count). The molecular weight excluding hydrogens is 202 g/mol. The third-order valence-electron chi connectivity index (χ3n) is 3.18. The van der Waals surface area contributed by atoms with E-state index in [1.807, 2.05) is 0 Å². The van der Waals surface area contributed by atoms with Gasteiger partial charge in [-0.15, -0.1) is 0 Å². The van der Waals surface area contributed by atoms with Crippen LogP contribution in [0.5, 0.6) is 0 Å². The zero-order valence-corrected chi connectivity index (χ0v) is 10.8. The van der Waals surface area contributed by atoms with E-state index in [4.69, 9.17) is 0 Å². The Hall–Kier alpha value is -0.570. The van der Waals surface area contributed by atoms with Crippen LogP contribution >= 0.6 is 0 Å². The predicted octanol–water partition coefficient (Wildman–Crippen LogP) is 2.09. The van der Waals surface area contributed by atoms with Crippen LogP contribution in [-0.2, 0) is 4.79 Å². The van der Waals surface area contributed by atoms with Gasteiger partial charge in [-0.2, -0.15) is 0 Å². The molecule has 16 heavy (non-hydrogen) atoms. The molecule has 0 aromatic rings. The van der Waals surface area contributed by atoms with Crippen LogP contribution in [0, 0.1) is 11.3 Å². The van der Waals surface area contributed by atoms with E-state index >= 15 is 0 Å². The van der Waals surface area contributed by atoms with Gasteiger partial charge in [-0.3, -0.25) is 4.79 Å². The molecule has 0 aromatic carbocycles. The first-order valence-electron chi connectivity index (χ1n) is 6.32. The molecule has 1 saturated carbocycles. The molecule has 0 heterocycles. The maximum atomic E-state index is 11.8. The van der Waals surface area contributed by atoms with E-state index in [0.717, 1.165) is 19.3 Å². The van der Waals surface area contributed by atoms with E-state index in [2.05, 4.69) is 26.1 Å². The Morgan fingerprint density at radius 2 is 1.94 bits per heavy atom. The SMILES string of the molecule is CC(C)(C)CC(=O)NC1CCCCC1CO. The van der Waals surface area contributed by atoms with Crippen molar-refractivity contribution in [2.45, 2.75) is 58.9 Å². The molecule has 1 amide bonds. The predicted molar refractivity (Wildman–Crippen MR) is 65.0 cm³/mol. The Kier molecular flexibility index (Phi) is 4.78. The second kappa shape index (κ2) is 5.67. The molecule has 1 fully saturated rings. The quantitative estimate of drug-likeness (QED) is 0.775. The number of aliphatic hydroxyl groups is 1. The standard InChI is InChI=1S/C13H25NO2/c1-13(2,3)8-12(16)14-11-7-5-4-6-10(11)9-15/h10-11,15H,4-9H2,1-3H3,(H,14,16). The number of hydrogen-bond acceptors (Lipinski definition) is 2. The summed E-state index contributed by atoms with van der Waals surface area (Å²) >= 11 is 0. The van der Waals surface area contributed by atoms with Gasteiger partial charge in [-0.05, 0) is 18.3 Å². The van der Waals surface area contributed by atoms with E-state index in [1.54, 1.807) is 0 Å². The number of aliphatic hydroxyl groups excluding tert-OH is 1. The van der Waals surface area contributed by atoms with Crippen LogP contribution in [0.15, 0.2) is 0 Å². The van der Waals surface area contributed by atoms with Crippen LogP contribution in [0.3, 0.4) is 0 Å². The monoisotopic (exact) mass is 227 g/mol.